The molecule has 1 amide bonds. The molecule has 2 aliphatic heterocycles. The molecule has 0 aromatic heterocycles. The van der Waals surface area contributed by atoms with Crippen LogP contribution in [0.3, 0.4) is 0 Å². The second-order valence-corrected chi connectivity index (χ2v) is 10.7. The molecule has 0 bridgehead atoms. The summed E-state index contributed by atoms with van der Waals surface area (Å²) in [6.45, 7) is 1.73. The summed E-state index contributed by atoms with van der Waals surface area (Å²) in [5, 5.41) is 5.39. The van der Waals surface area contributed by atoms with Crippen molar-refractivity contribution >= 4 is 44.3 Å². The Morgan fingerprint density at radius 3 is 2.50 bits per heavy atom. The Labute approximate surface area is 192 Å². The largest absolute Gasteiger partial charge is 0.469 e. The number of fused-ring (bicyclic) bond motifs is 1. The third-order valence-corrected chi connectivity index (χ3v) is 8.44. The maximum absolute atomic E-state index is 13.2. The van der Waals surface area contributed by atoms with Gasteiger partial charge in [0.15, 0.2) is 0 Å². The SMILES string of the molecule is COC(=O)C1(CN2CCN(S(=O)(=O)c3ccc4cc(Cl)ccc4c3)CC2=O)CCNCC1. The molecule has 2 heterocycles. The van der Waals surface area contributed by atoms with E-state index in [1.165, 1.54) is 17.5 Å². The molecule has 10 heteroatoms. The van der Waals surface area contributed by atoms with Crippen LogP contribution >= 0.6 is 11.6 Å². The van der Waals surface area contributed by atoms with Gasteiger partial charge in [0.2, 0.25) is 15.9 Å². The van der Waals surface area contributed by atoms with Crippen molar-refractivity contribution in [3.63, 3.8) is 0 Å². The maximum Gasteiger partial charge on any atom is 0.313 e. The molecule has 2 aromatic carbocycles. The van der Waals surface area contributed by atoms with E-state index in [9.17, 15) is 18.0 Å². The molecule has 32 heavy (non-hydrogen) atoms. The van der Waals surface area contributed by atoms with Gasteiger partial charge in [-0.1, -0.05) is 23.7 Å². The number of halogens is 1. The number of amides is 1. The lowest BCUT2D eigenvalue weighted by Gasteiger charge is -2.41. The highest BCUT2D eigenvalue weighted by Gasteiger charge is 2.44. The molecular formula is C22H26ClN3O5S. The summed E-state index contributed by atoms with van der Waals surface area (Å²) < 4.78 is 32.6. The summed E-state index contributed by atoms with van der Waals surface area (Å²) in [7, 11) is -2.48. The van der Waals surface area contributed by atoms with Crippen molar-refractivity contribution in [2.45, 2.75) is 17.7 Å². The van der Waals surface area contributed by atoms with Crippen LogP contribution in [-0.4, -0.2) is 75.9 Å². The van der Waals surface area contributed by atoms with Crippen molar-refractivity contribution in [1.82, 2.24) is 14.5 Å². The van der Waals surface area contributed by atoms with Gasteiger partial charge in [0, 0.05) is 24.7 Å². The molecule has 1 N–H and O–H groups in total. The van der Waals surface area contributed by atoms with Crippen molar-refractivity contribution < 1.29 is 22.7 Å². The number of benzene rings is 2. The Morgan fingerprint density at radius 2 is 1.81 bits per heavy atom. The van der Waals surface area contributed by atoms with Gasteiger partial charge in [0.05, 0.1) is 24.0 Å². The second kappa shape index (κ2) is 8.97. The summed E-state index contributed by atoms with van der Waals surface area (Å²) in [5.74, 6) is -0.632. The number of carbonyl (C=O) groups excluding carboxylic acids is 2. The minimum atomic E-state index is -3.84. The molecule has 8 nitrogen and oxygen atoms in total. The lowest BCUT2D eigenvalue weighted by atomic mass is 9.78. The molecule has 0 spiro atoms. The minimum absolute atomic E-state index is 0.137. The number of nitrogens with zero attached hydrogens (tertiary/aromatic N) is 2. The highest BCUT2D eigenvalue weighted by atomic mass is 35.5. The van der Waals surface area contributed by atoms with Crippen LogP contribution in [0, 0.1) is 5.41 Å². The fourth-order valence-electron chi connectivity index (χ4n) is 4.48. The molecule has 0 aliphatic carbocycles. The molecule has 4 rings (SSSR count). The Bertz CT molecular complexity index is 1150. The molecule has 2 fully saturated rings. The summed E-state index contributed by atoms with van der Waals surface area (Å²) in [5.41, 5.74) is -0.754. The number of piperazine rings is 1. The number of ether oxygens (including phenoxy) is 1. The number of hydrogen-bond acceptors (Lipinski definition) is 6. The third-order valence-electron chi connectivity index (χ3n) is 6.37. The number of carbonyl (C=O) groups is 2. The van der Waals surface area contributed by atoms with E-state index in [0.717, 1.165) is 10.8 Å². The molecule has 2 saturated heterocycles. The van der Waals surface area contributed by atoms with Crippen molar-refractivity contribution in [2.75, 3.05) is 46.4 Å². The molecule has 2 aromatic rings. The van der Waals surface area contributed by atoms with E-state index < -0.39 is 15.4 Å². The second-order valence-electron chi connectivity index (χ2n) is 8.33. The van der Waals surface area contributed by atoms with Gasteiger partial charge in [-0.15, -0.1) is 0 Å². The molecule has 0 saturated carbocycles. The van der Waals surface area contributed by atoms with Gasteiger partial charge in [-0.2, -0.15) is 4.31 Å². The topological polar surface area (TPSA) is 96.0 Å². The van der Waals surface area contributed by atoms with E-state index in [1.54, 1.807) is 35.2 Å². The number of methoxy groups -OCH3 is 1. The zero-order valence-corrected chi connectivity index (χ0v) is 19.4. The van der Waals surface area contributed by atoms with Crippen LogP contribution in [0.5, 0.6) is 0 Å². The van der Waals surface area contributed by atoms with E-state index in [-0.39, 0.29) is 43.0 Å². The van der Waals surface area contributed by atoms with E-state index >= 15 is 0 Å². The Morgan fingerprint density at radius 1 is 1.12 bits per heavy atom. The van der Waals surface area contributed by atoms with Crippen LogP contribution in [0.2, 0.25) is 5.02 Å². The summed E-state index contributed by atoms with van der Waals surface area (Å²) in [6, 6.07) is 10.1. The lowest BCUT2D eigenvalue weighted by molar-refractivity contribution is -0.157. The van der Waals surface area contributed by atoms with Crippen molar-refractivity contribution in [3.05, 3.63) is 41.4 Å². The van der Waals surface area contributed by atoms with Crippen LogP contribution < -0.4 is 5.32 Å². The first-order valence-electron chi connectivity index (χ1n) is 10.5. The van der Waals surface area contributed by atoms with Gasteiger partial charge in [-0.25, -0.2) is 8.42 Å². The minimum Gasteiger partial charge on any atom is -0.469 e. The van der Waals surface area contributed by atoms with Gasteiger partial charge >= 0.3 is 5.97 Å². The summed E-state index contributed by atoms with van der Waals surface area (Å²) >= 11 is 6.01. The molecule has 0 atom stereocenters. The van der Waals surface area contributed by atoms with E-state index in [4.69, 9.17) is 16.3 Å². The number of rotatable bonds is 5. The predicted octanol–water partition coefficient (Wildman–Crippen LogP) is 1.87. The first-order valence-corrected chi connectivity index (χ1v) is 12.3. The van der Waals surface area contributed by atoms with Crippen molar-refractivity contribution in [3.8, 4) is 0 Å². The molecule has 2 aliphatic rings. The van der Waals surface area contributed by atoms with E-state index in [1.807, 2.05) is 0 Å². The first-order chi connectivity index (χ1) is 15.2. The van der Waals surface area contributed by atoms with Crippen LogP contribution in [0.25, 0.3) is 10.8 Å². The van der Waals surface area contributed by atoms with Gasteiger partial charge in [0.25, 0.3) is 0 Å². The maximum atomic E-state index is 13.2. The van der Waals surface area contributed by atoms with Gasteiger partial charge in [-0.05, 0) is 61.0 Å². The number of piperidine rings is 1. The highest BCUT2D eigenvalue weighted by molar-refractivity contribution is 7.89. The Hall–Kier alpha value is -2.20. The van der Waals surface area contributed by atoms with Crippen LogP contribution in [-0.2, 0) is 24.3 Å². The molecule has 0 radical (unpaired) electrons. The van der Waals surface area contributed by atoms with Crippen molar-refractivity contribution in [2.24, 2.45) is 5.41 Å². The van der Waals surface area contributed by atoms with E-state index in [2.05, 4.69) is 5.32 Å². The number of sulfonamides is 1. The Kier molecular flexibility index (Phi) is 6.44. The summed E-state index contributed by atoms with van der Waals surface area (Å²) in [4.78, 5) is 27.1. The Balaban J connectivity index is 1.50. The molecule has 172 valence electrons. The normalized spacial score (nSPS) is 19.8. The zero-order chi connectivity index (χ0) is 22.9. The molecular weight excluding hydrogens is 454 g/mol. The van der Waals surface area contributed by atoms with Gasteiger partial charge in [-0.3, -0.25) is 9.59 Å². The molecule has 0 unspecified atom stereocenters. The predicted molar refractivity (Wildman–Crippen MR) is 121 cm³/mol. The quantitative estimate of drug-likeness (QED) is 0.658. The monoisotopic (exact) mass is 479 g/mol. The third kappa shape index (κ3) is 4.34. The van der Waals surface area contributed by atoms with Crippen molar-refractivity contribution in [1.29, 1.82) is 0 Å². The van der Waals surface area contributed by atoms with Crippen LogP contribution in [0.15, 0.2) is 41.3 Å². The number of nitrogens with one attached hydrogen (secondary N) is 1. The van der Waals surface area contributed by atoms with Gasteiger partial charge < -0.3 is 15.0 Å². The standard InChI is InChI=1S/C22H26ClN3O5S/c1-31-21(28)22(6-8-24-9-7-22)15-25-10-11-26(14-20(25)27)32(29,30)19-5-3-16-12-18(23)4-2-17(16)13-19/h2-5,12-13,24H,6-11,14-15H2,1H3. The van der Waals surface area contributed by atoms with Gasteiger partial charge in [0.1, 0.15) is 0 Å². The van der Waals surface area contributed by atoms with Crippen LogP contribution in [0.1, 0.15) is 12.8 Å². The highest BCUT2D eigenvalue weighted by Crippen LogP contribution is 2.32. The van der Waals surface area contributed by atoms with E-state index in [0.29, 0.717) is 31.0 Å². The number of esters is 1. The average Bonchev–Trinajstić information content (AvgIpc) is 2.80. The fourth-order valence-corrected chi connectivity index (χ4v) is 6.07. The fraction of sp³-hybridized carbons (Fsp3) is 0.455. The van der Waals surface area contributed by atoms with Crippen LogP contribution in [0.4, 0.5) is 0 Å². The lowest BCUT2D eigenvalue weighted by Crippen LogP contribution is -2.57. The number of hydrogen-bond donors (Lipinski definition) is 1. The average molecular weight is 480 g/mol. The zero-order valence-electron chi connectivity index (χ0n) is 17.8. The smallest absolute Gasteiger partial charge is 0.313 e. The summed E-state index contributed by atoms with van der Waals surface area (Å²) in [6.07, 6.45) is 1.15. The first kappa shape index (κ1) is 23.0.